The minimum atomic E-state index is -0.773. The molecule has 0 aromatic carbocycles. The van der Waals surface area contributed by atoms with E-state index >= 15 is 0 Å². The first-order valence-electron chi connectivity index (χ1n) is 27.8. The van der Waals surface area contributed by atoms with Crippen LogP contribution in [0.25, 0.3) is 0 Å². The molecule has 370 valence electrons. The SMILES string of the molecule is CCCCC/C=C\C/C=C\CCCCCCCC(=O)OC(COC(=O)CCCCCCCCCCCCCC)COC(=O)CCCCCCCCCCCCCCCCCCCC. The van der Waals surface area contributed by atoms with Gasteiger partial charge < -0.3 is 14.2 Å². The van der Waals surface area contributed by atoms with Gasteiger partial charge >= 0.3 is 17.9 Å². The second-order valence-corrected chi connectivity index (χ2v) is 18.9. The zero-order valence-corrected chi connectivity index (χ0v) is 42.4. The summed E-state index contributed by atoms with van der Waals surface area (Å²) in [6.07, 6.45) is 60.2. The van der Waals surface area contributed by atoms with Crippen LogP contribution >= 0.6 is 0 Å². The van der Waals surface area contributed by atoms with E-state index in [2.05, 4.69) is 45.1 Å². The van der Waals surface area contributed by atoms with Crippen LogP contribution in [-0.4, -0.2) is 37.2 Å². The summed E-state index contributed by atoms with van der Waals surface area (Å²) in [5.41, 5.74) is 0. The Hall–Kier alpha value is -2.11. The van der Waals surface area contributed by atoms with E-state index in [0.29, 0.717) is 19.3 Å². The second kappa shape index (κ2) is 52.5. The van der Waals surface area contributed by atoms with Crippen LogP contribution in [0, 0.1) is 0 Å². The minimum absolute atomic E-state index is 0.0718. The fourth-order valence-corrected chi connectivity index (χ4v) is 8.24. The predicted octanol–water partition coefficient (Wildman–Crippen LogP) is 18.3. The van der Waals surface area contributed by atoms with Crippen molar-refractivity contribution >= 4 is 17.9 Å². The van der Waals surface area contributed by atoms with Crippen LogP contribution in [0.15, 0.2) is 24.3 Å². The summed E-state index contributed by atoms with van der Waals surface area (Å²) in [5, 5.41) is 0. The lowest BCUT2D eigenvalue weighted by molar-refractivity contribution is -0.167. The smallest absolute Gasteiger partial charge is 0.306 e. The van der Waals surface area contributed by atoms with Gasteiger partial charge in [0, 0.05) is 19.3 Å². The van der Waals surface area contributed by atoms with Crippen molar-refractivity contribution in [2.45, 2.75) is 309 Å². The van der Waals surface area contributed by atoms with Crippen molar-refractivity contribution in [3.05, 3.63) is 24.3 Å². The average molecular weight is 887 g/mol. The highest BCUT2D eigenvalue weighted by Crippen LogP contribution is 2.17. The quantitative estimate of drug-likeness (QED) is 0.0262. The number of allylic oxidation sites excluding steroid dienone is 4. The number of unbranched alkanes of at least 4 members (excludes halogenated alkanes) is 36. The van der Waals surface area contributed by atoms with Gasteiger partial charge in [-0.1, -0.05) is 257 Å². The number of hydrogen-bond acceptors (Lipinski definition) is 6. The van der Waals surface area contributed by atoms with Crippen molar-refractivity contribution in [2.24, 2.45) is 0 Å². The number of hydrogen-bond donors (Lipinski definition) is 0. The van der Waals surface area contributed by atoms with E-state index in [4.69, 9.17) is 14.2 Å². The molecule has 6 heteroatoms. The van der Waals surface area contributed by atoms with Crippen molar-refractivity contribution < 1.29 is 28.6 Å². The maximum absolute atomic E-state index is 12.8. The molecule has 63 heavy (non-hydrogen) atoms. The summed E-state index contributed by atoms with van der Waals surface area (Å²) in [4.78, 5) is 38.0. The summed E-state index contributed by atoms with van der Waals surface area (Å²) in [5.74, 6) is -0.867. The van der Waals surface area contributed by atoms with Gasteiger partial charge in [-0.2, -0.15) is 0 Å². The molecule has 0 spiro atoms. The van der Waals surface area contributed by atoms with Gasteiger partial charge in [0.1, 0.15) is 13.2 Å². The highest BCUT2D eigenvalue weighted by Gasteiger charge is 2.19. The summed E-state index contributed by atoms with van der Waals surface area (Å²) < 4.78 is 16.8. The second-order valence-electron chi connectivity index (χ2n) is 18.9. The Bertz CT molecular complexity index is 1020. The van der Waals surface area contributed by atoms with Crippen LogP contribution in [0.4, 0.5) is 0 Å². The monoisotopic (exact) mass is 887 g/mol. The Labute approximate surface area is 392 Å². The van der Waals surface area contributed by atoms with Gasteiger partial charge in [0.05, 0.1) is 0 Å². The molecule has 0 aliphatic rings. The van der Waals surface area contributed by atoms with Crippen LogP contribution in [-0.2, 0) is 28.6 Å². The molecule has 0 aromatic rings. The van der Waals surface area contributed by atoms with Crippen molar-refractivity contribution in [3.63, 3.8) is 0 Å². The Balaban J connectivity index is 4.32. The summed E-state index contributed by atoms with van der Waals surface area (Å²) in [7, 11) is 0. The number of esters is 3. The van der Waals surface area contributed by atoms with E-state index < -0.39 is 6.10 Å². The Morgan fingerprint density at radius 2 is 0.571 bits per heavy atom. The lowest BCUT2D eigenvalue weighted by Crippen LogP contribution is -2.30. The average Bonchev–Trinajstić information content (AvgIpc) is 3.28. The van der Waals surface area contributed by atoms with Crippen LogP contribution in [0.3, 0.4) is 0 Å². The fraction of sp³-hybridized carbons (Fsp3) is 0.877. The highest BCUT2D eigenvalue weighted by molar-refractivity contribution is 5.71. The fourth-order valence-electron chi connectivity index (χ4n) is 8.24. The number of carbonyl (C=O) groups excluding carboxylic acids is 3. The minimum Gasteiger partial charge on any atom is -0.462 e. The molecule has 0 bridgehead atoms. The molecular formula is C57H106O6. The first-order valence-corrected chi connectivity index (χ1v) is 27.8. The van der Waals surface area contributed by atoms with Crippen LogP contribution in [0.5, 0.6) is 0 Å². The largest absolute Gasteiger partial charge is 0.462 e. The topological polar surface area (TPSA) is 78.9 Å². The molecule has 0 amide bonds. The molecule has 1 unspecified atom stereocenters. The van der Waals surface area contributed by atoms with Gasteiger partial charge in [-0.25, -0.2) is 0 Å². The van der Waals surface area contributed by atoms with Crippen LogP contribution in [0.1, 0.15) is 303 Å². The summed E-state index contributed by atoms with van der Waals surface area (Å²) in [6.45, 7) is 6.64. The molecule has 0 rings (SSSR count). The molecule has 0 fully saturated rings. The number of carbonyl (C=O) groups is 3. The lowest BCUT2D eigenvalue weighted by atomic mass is 10.0. The Morgan fingerprint density at radius 3 is 0.905 bits per heavy atom. The van der Waals surface area contributed by atoms with Gasteiger partial charge in [0.2, 0.25) is 0 Å². The molecular weight excluding hydrogens is 781 g/mol. The van der Waals surface area contributed by atoms with Crippen LogP contribution < -0.4 is 0 Å². The maximum Gasteiger partial charge on any atom is 0.306 e. The number of rotatable bonds is 51. The molecule has 0 aliphatic heterocycles. The van der Waals surface area contributed by atoms with Gasteiger partial charge in [-0.05, 0) is 51.4 Å². The molecule has 0 aromatic heterocycles. The molecule has 0 aliphatic carbocycles. The Kier molecular flexibility index (Phi) is 50.8. The van der Waals surface area contributed by atoms with Crippen molar-refractivity contribution in [2.75, 3.05) is 13.2 Å². The first-order chi connectivity index (χ1) is 31.0. The van der Waals surface area contributed by atoms with Gasteiger partial charge in [0.15, 0.2) is 6.10 Å². The third-order valence-corrected chi connectivity index (χ3v) is 12.5. The standard InChI is InChI=1S/C57H106O6/c1-4-7-10-13-16-19-22-25-27-28-29-31-32-35-38-41-44-47-50-56(59)62-53-54(52-61-55(58)49-46-43-40-37-34-24-21-18-15-12-9-6-3)63-57(60)51-48-45-42-39-36-33-30-26-23-20-17-14-11-8-5-2/h17,20,26,30,54H,4-16,18-19,21-25,27-29,31-53H2,1-3H3/b20-17-,30-26-. The molecule has 0 radical (unpaired) electrons. The van der Waals surface area contributed by atoms with Gasteiger partial charge in [-0.3, -0.25) is 14.4 Å². The Morgan fingerprint density at radius 1 is 0.317 bits per heavy atom. The van der Waals surface area contributed by atoms with E-state index in [9.17, 15) is 14.4 Å². The van der Waals surface area contributed by atoms with Gasteiger partial charge in [0.25, 0.3) is 0 Å². The normalized spacial score (nSPS) is 12.1. The van der Waals surface area contributed by atoms with E-state index in [1.54, 1.807) is 0 Å². The van der Waals surface area contributed by atoms with E-state index in [1.165, 1.54) is 186 Å². The van der Waals surface area contributed by atoms with Crippen molar-refractivity contribution in [3.8, 4) is 0 Å². The molecule has 1 atom stereocenters. The molecule has 0 heterocycles. The zero-order chi connectivity index (χ0) is 45.8. The summed E-state index contributed by atoms with van der Waals surface area (Å²) in [6, 6.07) is 0. The lowest BCUT2D eigenvalue weighted by Gasteiger charge is -2.18. The van der Waals surface area contributed by atoms with E-state index in [-0.39, 0.29) is 31.1 Å². The van der Waals surface area contributed by atoms with Gasteiger partial charge in [-0.15, -0.1) is 0 Å². The molecule has 6 nitrogen and oxygen atoms in total. The van der Waals surface area contributed by atoms with E-state index in [0.717, 1.165) is 77.0 Å². The third-order valence-electron chi connectivity index (χ3n) is 12.5. The predicted molar refractivity (Wildman–Crippen MR) is 270 cm³/mol. The highest BCUT2D eigenvalue weighted by atomic mass is 16.6. The first kappa shape index (κ1) is 60.9. The van der Waals surface area contributed by atoms with E-state index in [1.807, 2.05) is 0 Å². The number of ether oxygens (including phenoxy) is 3. The third kappa shape index (κ3) is 50.7. The molecule has 0 N–H and O–H groups in total. The molecule has 0 saturated carbocycles. The molecule has 0 saturated heterocycles. The van der Waals surface area contributed by atoms with Crippen molar-refractivity contribution in [1.29, 1.82) is 0 Å². The maximum atomic E-state index is 12.8. The van der Waals surface area contributed by atoms with Crippen LogP contribution in [0.2, 0.25) is 0 Å². The van der Waals surface area contributed by atoms with Crippen molar-refractivity contribution in [1.82, 2.24) is 0 Å². The summed E-state index contributed by atoms with van der Waals surface area (Å²) >= 11 is 0. The zero-order valence-electron chi connectivity index (χ0n) is 42.4.